The van der Waals surface area contributed by atoms with Crippen LogP contribution >= 0.6 is 11.3 Å². The van der Waals surface area contributed by atoms with Crippen molar-refractivity contribution < 1.29 is 0 Å². The van der Waals surface area contributed by atoms with Crippen LogP contribution in [0.3, 0.4) is 0 Å². The summed E-state index contributed by atoms with van der Waals surface area (Å²) in [6.45, 7) is 0.648. The third kappa shape index (κ3) is 2.73. The lowest BCUT2D eigenvalue weighted by molar-refractivity contribution is 0.889. The monoisotopic (exact) mass is 288 g/mol. The molecule has 20 heavy (non-hydrogen) atoms. The normalized spacial score (nSPS) is 10.4. The summed E-state index contributed by atoms with van der Waals surface area (Å²) in [7, 11) is 0. The summed E-state index contributed by atoms with van der Waals surface area (Å²) in [6.07, 6.45) is 5.01. The van der Waals surface area contributed by atoms with Crippen molar-refractivity contribution in [1.82, 2.24) is 24.5 Å². The lowest BCUT2D eigenvalue weighted by Gasteiger charge is -2.07. The highest BCUT2D eigenvalue weighted by Crippen LogP contribution is 2.12. The van der Waals surface area contributed by atoms with Crippen LogP contribution in [0.25, 0.3) is 5.95 Å². The second kappa shape index (κ2) is 5.63. The zero-order chi connectivity index (χ0) is 13.8. The fourth-order valence-corrected chi connectivity index (χ4v) is 2.23. The predicted molar refractivity (Wildman–Crippen MR) is 76.4 cm³/mol. The van der Waals surface area contributed by atoms with Gasteiger partial charge in [0.25, 0.3) is 0 Å². The Labute approximate surface area is 118 Å². The summed E-state index contributed by atoms with van der Waals surface area (Å²) in [4.78, 5) is 17.8. The number of thiophene rings is 1. The minimum absolute atomic E-state index is 0.289. The van der Waals surface area contributed by atoms with Crippen LogP contribution in [0.4, 0.5) is 11.9 Å². The summed E-state index contributed by atoms with van der Waals surface area (Å²) >= 11 is 1.66. The van der Waals surface area contributed by atoms with E-state index in [9.17, 15) is 0 Å². The number of rotatable bonds is 5. The van der Waals surface area contributed by atoms with Crippen LogP contribution in [0.15, 0.2) is 36.2 Å². The van der Waals surface area contributed by atoms with Crippen LogP contribution in [0.1, 0.15) is 4.88 Å². The molecule has 9 heteroatoms. The smallest absolute Gasteiger partial charge is 0.243 e. The molecule has 102 valence electrons. The molecule has 3 rings (SSSR count). The van der Waals surface area contributed by atoms with Crippen LogP contribution in [-0.4, -0.2) is 24.5 Å². The van der Waals surface area contributed by atoms with Gasteiger partial charge in [-0.05, 0) is 11.4 Å². The summed E-state index contributed by atoms with van der Waals surface area (Å²) < 4.78 is 1.68. The molecule has 0 aromatic carbocycles. The highest BCUT2D eigenvalue weighted by molar-refractivity contribution is 7.09. The van der Waals surface area contributed by atoms with E-state index in [1.165, 1.54) is 4.88 Å². The van der Waals surface area contributed by atoms with Gasteiger partial charge in [-0.3, -0.25) is 9.99 Å². The fourth-order valence-electron chi connectivity index (χ4n) is 1.58. The van der Waals surface area contributed by atoms with Gasteiger partial charge in [0.1, 0.15) is 6.33 Å². The number of nitrogens with two attached hydrogens (primary N) is 1. The molecule has 4 N–H and O–H groups in total. The average Bonchev–Trinajstić information content (AvgIpc) is 3.17. The molecule has 0 saturated carbocycles. The van der Waals surface area contributed by atoms with Crippen LogP contribution in [0, 0.1) is 0 Å². The first-order valence-electron chi connectivity index (χ1n) is 5.82. The van der Waals surface area contributed by atoms with Gasteiger partial charge in [0, 0.05) is 17.3 Å². The molecule has 8 nitrogen and oxygen atoms in total. The van der Waals surface area contributed by atoms with Crippen LogP contribution in [0.2, 0.25) is 0 Å². The predicted octanol–water partition coefficient (Wildman–Crippen LogP) is 1.02. The second-order valence-corrected chi connectivity index (χ2v) is 4.86. The summed E-state index contributed by atoms with van der Waals surface area (Å²) in [5, 5.41) is 5.17. The van der Waals surface area contributed by atoms with E-state index in [4.69, 9.17) is 5.84 Å². The highest BCUT2D eigenvalue weighted by Gasteiger charge is 2.07. The van der Waals surface area contributed by atoms with Crippen molar-refractivity contribution in [3.8, 4) is 5.95 Å². The molecule has 0 aliphatic carbocycles. The number of anilines is 2. The zero-order valence-corrected chi connectivity index (χ0v) is 11.2. The molecule has 0 saturated heterocycles. The van der Waals surface area contributed by atoms with Gasteiger partial charge < -0.3 is 5.32 Å². The molecule has 0 aliphatic rings. The van der Waals surface area contributed by atoms with Gasteiger partial charge in [0.05, 0.1) is 6.54 Å². The molecule has 0 fully saturated rings. The standard InChI is InChI=1S/C11H12N8S/c12-18-10-15-9(14-6-8-2-1-5-20-8)16-11(17-10)19-4-3-13-7-19/h1-5,7H,6,12H2,(H2,14,15,16,17,18). The van der Waals surface area contributed by atoms with E-state index in [1.807, 2.05) is 17.5 Å². The molecular weight excluding hydrogens is 276 g/mol. The molecule has 0 amide bonds. The second-order valence-electron chi connectivity index (χ2n) is 3.83. The maximum absolute atomic E-state index is 5.38. The Balaban J connectivity index is 1.84. The van der Waals surface area contributed by atoms with E-state index >= 15 is 0 Å². The lowest BCUT2D eigenvalue weighted by atomic mass is 10.5. The number of nitrogens with one attached hydrogen (secondary N) is 2. The Morgan fingerprint density at radius 1 is 1.25 bits per heavy atom. The third-order valence-corrected chi connectivity index (χ3v) is 3.37. The summed E-state index contributed by atoms with van der Waals surface area (Å²) in [5.41, 5.74) is 2.43. The first-order chi connectivity index (χ1) is 9.85. The number of hydrogen-bond acceptors (Lipinski definition) is 8. The quantitative estimate of drug-likeness (QED) is 0.475. The van der Waals surface area contributed by atoms with E-state index < -0.39 is 0 Å². The first kappa shape index (κ1) is 12.5. The maximum atomic E-state index is 5.38. The van der Waals surface area contributed by atoms with Crippen molar-refractivity contribution in [1.29, 1.82) is 0 Å². The summed E-state index contributed by atoms with van der Waals surface area (Å²) in [6, 6.07) is 4.04. The molecule has 3 aromatic heterocycles. The third-order valence-electron chi connectivity index (χ3n) is 2.49. The zero-order valence-electron chi connectivity index (χ0n) is 10.4. The maximum Gasteiger partial charge on any atom is 0.243 e. The van der Waals surface area contributed by atoms with E-state index in [0.717, 1.165) is 0 Å². The van der Waals surface area contributed by atoms with E-state index in [1.54, 1.807) is 34.6 Å². The van der Waals surface area contributed by atoms with Crippen molar-refractivity contribution in [2.45, 2.75) is 6.54 Å². The first-order valence-corrected chi connectivity index (χ1v) is 6.70. The minimum Gasteiger partial charge on any atom is -0.349 e. The highest BCUT2D eigenvalue weighted by atomic mass is 32.1. The molecule has 0 bridgehead atoms. The fraction of sp³-hybridized carbons (Fsp3) is 0.0909. The van der Waals surface area contributed by atoms with Crippen molar-refractivity contribution in [3.05, 3.63) is 41.1 Å². The molecule has 0 unspecified atom stereocenters. The minimum atomic E-state index is 0.289. The Bertz CT molecular complexity index is 664. The van der Waals surface area contributed by atoms with Crippen LogP contribution in [-0.2, 0) is 6.54 Å². The van der Waals surface area contributed by atoms with Gasteiger partial charge in [-0.25, -0.2) is 10.8 Å². The Morgan fingerprint density at radius 3 is 2.85 bits per heavy atom. The van der Waals surface area contributed by atoms with Gasteiger partial charge in [-0.2, -0.15) is 15.0 Å². The van der Waals surface area contributed by atoms with E-state index in [2.05, 4.69) is 30.7 Å². The Morgan fingerprint density at radius 2 is 2.15 bits per heavy atom. The van der Waals surface area contributed by atoms with Gasteiger partial charge in [-0.1, -0.05) is 6.07 Å². The number of nitrogens with zero attached hydrogens (tertiary/aromatic N) is 5. The molecular formula is C11H12N8S. The Hall–Kier alpha value is -2.52. The van der Waals surface area contributed by atoms with Crippen molar-refractivity contribution in [2.75, 3.05) is 10.7 Å². The SMILES string of the molecule is NNc1nc(NCc2cccs2)nc(-n2ccnc2)n1. The molecule has 3 aromatic rings. The molecule has 0 aliphatic heterocycles. The van der Waals surface area contributed by atoms with Gasteiger partial charge in [0.2, 0.25) is 17.8 Å². The number of hydrogen-bond donors (Lipinski definition) is 3. The van der Waals surface area contributed by atoms with E-state index in [0.29, 0.717) is 18.4 Å². The summed E-state index contributed by atoms with van der Waals surface area (Å²) in [5.74, 6) is 6.56. The number of imidazole rings is 1. The topological polar surface area (TPSA) is 107 Å². The largest absolute Gasteiger partial charge is 0.349 e. The molecule has 0 spiro atoms. The average molecular weight is 288 g/mol. The van der Waals surface area contributed by atoms with Gasteiger partial charge in [-0.15, -0.1) is 11.3 Å². The van der Waals surface area contributed by atoms with Crippen LogP contribution < -0.4 is 16.6 Å². The molecule has 0 atom stereocenters. The van der Waals surface area contributed by atoms with Crippen molar-refractivity contribution in [3.63, 3.8) is 0 Å². The molecule has 0 radical (unpaired) electrons. The van der Waals surface area contributed by atoms with E-state index in [-0.39, 0.29) is 5.95 Å². The van der Waals surface area contributed by atoms with Gasteiger partial charge >= 0.3 is 0 Å². The van der Waals surface area contributed by atoms with Crippen molar-refractivity contribution in [2.24, 2.45) is 5.84 Å². The number of aromatic nitrogens is 5. The Kier molecular flexibility index (Phi) is 3.52. The van der Waals surface area contributed by atoms with Crippen molar-refractivity contribution >= 4 is 23.2 Å². The molecule has 3 heterocycles. The van der Waals surface area contributed by atoms with Gasteiger partial charge in [0.15, 0.2) is 0 Å². The number of hydrazine groups is 1. The number of nitrogen functional groups attached to an aromatic ring is 1. The van der Waals surface area contributed by atoms with Crippen LogP contribution in [0.5, 0.6) is 0 Å². The lowest BCUT2D eigenvalue weighted by Crippen LogP contribution is -2.15.